The molecule has 2 aromatic rings. The van der Waals surface area contributed by atoms with Crippen LogP contribution in [0.15, 0.2) is 47.4 Å². The molecule has 4 rings (SSSR count). The van der Waals surface area contributed by atoms with E-state index >= 15 is 0 Å². The third kappa shape index (κ3) is 3.96. The number of thioether (sulfide) groups is 1. The molecule has 0 amide bonds. The highest BCUT2D eigenvalue weighted by molar-refractivity contribution is 7.99. The predicted octanol–water partition coefficient (Wildman–Crippen LogP) is 1.93. The van der Waals surface area contributed by atoms with Crippen molar-refractivity contribution >= 4 is 11.8 Å². The van der Waals surface area contributed by atoms with Crippen LogP contribution in [0.25, 0.3) is 0 Å². The minimum atomic E-state index is -1.40. The van der Waals surface area contributed by atoms with Crippen molar-refractivity contribution in [3.63, 3.8) is 0 Å². The van der Waals surface area contributed by atoms with Crippen LogP contribution in [0.1, 0.15) is 41.4 Å². The van der Waals surface area contributed by atoms with Crippen LogP contribution in [-0.4, -0.2) is 57.4 Å². The number of aliphatic hydroxyl groups is 4. The van der Waals surface area contributed by atoms with Crippen LogP contribution in [0.5, 0.6) is 0 Å². The Morgan fingerprint density at radius 3 is 2.38 bits per heavy atom. The monoisotopic (exact) mass is 418 g/mol. The van der Waals surface area contributed by atoms with Crippen molar-refractivity contribution in [2.75, 3.05) is 12.5 Å². The average molecular weight is 419 g/mol. The lowest BCUT2D eigenvalue weighted by atomic mass is 9.89. The fourth-order valence-corrected chi connectivity index (χ4v) is 4.74. The molecule has 29 heavy (non-hydrogen) atoms. The quantitative estimate of drug-likeness (QED) is 0.602. The summed E-state index contributed by atoms with van der Waals surface area (Å²) in [6.07, 6.45) is -5.12. The zero-order valence-electron chi connectivity index (χ0n) is 16.1. The lowest BCUT2D eigenvalue weighted by Crippen LogP contribution is -2.55. The first-order valence-electron chi connectivity index (χ1n) is 9.81. The van der Waals surface area contributed by atoms with Crippen LogP contribution in [0.2, 0.25) is 0 Å². The lowest BCUT2D eigenvalue weighted by Gasteiger charge is -2.40. The summed E-state index contributed by atoms with van der Waals surface area (Å²) >= 11 is 1.60. The maximum absolute atomic E-state index is 10.5. The highest BCUT2D eigenvalue weighted by atomic mass is 32.2. The minimum Gasteiger partial charge on any atom is -0.394 e. The Morgan fingerprint density at radius 1 is 0.966 bits per heavy atom. The van der Waals surface area contributed by atoms with Crippen molar-refractivity contribution in [2.24, 2.45) is 0 Å². The number of ether oxygens (including phenoxy) is 2. The molecule has 0 spiro atoms. The molecular formula is C22H26O6S. The fourth-order valence-electron chi connectivity index (χ4n) is 3.92. The van der Waals surface area contributed by atoms with Crippen LogP contribution >= 0.6 is 11.8 Å². The normalized spacial score (nSPS) is 32.0. The van der Waals surface area contributed by atoms with Crippen molar-refractivity contribution in [2.45, 2.75) is 54.9 Å². The molecule has 0 saturated carbocycles. The summed E-state index contributed by atoms with van der Waals surface area (Å²) in [5.41, 5.74) is 3.95. The van der Waals surface area contributed by atoms with E-state index in [0.717, 1.165) is 22.4 Å². The molecule has 0 aromatic heterocycles. The van der Waals surface area contributed by atoms with Crippen LogP contribution in [-0.2, 0) is 15.9 Å². The van der Waals surface area contributed by atoms with Crippen molar-refractivity contribution < 1.29 is 29.9 Å². The molecule has 7 heteroatoms. The summed E-state index contributed by atoms with van der Waals surface area (Å²) < 4.78 is 11.8. The van der Waals surface area contributed by atoms with Gasteiger partial charge in [0.1, 0.15) is 36.6 Å². The first kappa shape index (κ1) is 20.8. The Labute approximate surface area is 174 Å². The van der Waals surface area contributed by atoms with Gasteiger partial charge in [-0.1, -0.05) is 49.0 Å². The van der Waals surface area contributed by atoms with Crippen LogP contribution < -0.4 is 0 Å². The third-order valence-corrected chi connectivity index (χ3v) is 6.61. The van der Waals surface area contributed by atoms with E-state index in [9.17, 15) is 20.4 Å². The molecule has 2 aliphatic rings. The summed E-state index contributed by atoms with van der Waals surface area (Å²) in [6.45, 7) is 1.67. The van der Waals surface area contributed by atoms with Gasteiger partial charge in [0, 0.05) is 4.90 Å². The fraction of sp³-hybridized carbons (Fsp3) is 0.455. The number of hydrogen-bond acceptors (Lipinski definition) is 7. The van der Waals surface area contributed by atoms with Gasteiger partial charge in [0.05, 0.1) is 12.5 Å². The summed E-state index contributed by atoms with van der Waals surface area (Å²) in [5, 5.41) is 40.1. The first-order chi connectivity index (χ1) is 14.0. The van der Waals surface area contributed by atoms with Gasteiger partial charge in [0.25, 0.3) is 0 Å². The van der Waals surface area contributed by atoms with Gasteiger partial charge < -0.3 is 29.9 Å². The molecule has 6 atom stereocenters. The number of benzene rings is 2. The SMILES string of the molecule is CCc1ccc(C2OCSc3ccc(C4OC(CO)C(O)C(O)C4O)cc32)cc1. The van der Waals surface area contributed by atoms with Crippen LogP contribution in [0.4, 0.5) is 0 Å². The molecule has 2 aliphatic heterocycles. The molecule has 2 aromatic carbocycles. The Hall–Kier alpha value is -1.45. The van der Waals surface area contributed by atoms with Crippen LogP contribution in [0.3, 0.4) is 0 Å². The molecular weight excluding hydrogens is 392 g/mol. The summed E-state index contributed by atoms with van der Waals surface area (Å²) in [4.78, 5) is 1.09. The Bertz CT molecular complexity index is 840. The third-order valence-electron chi connectivity index (χ3n) is 5.68. The lowest BCUT2D eigenvalue weighted by molar-refractivity contribution is -0.231. The molecule has 0 radical (unpaired) electrons. The topological polar surface area (TPSA) is 99.4 Å². The molecule has 2 heterocycles. The Kier molecular flexibility index (Phi) is 6.27. The molecule has 0 aliphatic carbocycles. The van der Waals surface area contributed by atoms with Crippen LogP contribution in [0, 0.1) is 0 Å². The molecule has 0 bridgehead atoms. The van der Waals surface area contributed by atoms with Gasteiger partial charge in [-0.15, -0.1) is 0 Å². The van der Waals surface area contributed by atoms with Gasteiger partial charge in [0.15, 0.2) is 0 Å². The van der Waals surface area contributed by atoms with Gasteiger partial charge >= 0.3 is 0 Å². The maximum atomic E-state index is 10.5. The summed E-state index contributed by atoms with van der Waals surface area (Å²) in [5.74, 6) is 0.548. The number of hydrogen-bond donors (Lipinski definition) is 4. The zero-order chi connectivity index (χ0) is 20.5. The molecule has 4 N–H and O–H groups in total. The second-order valence-electron chi connectivity index (χ2n) is 7.45. The van der Waals surface area contributed by atoms with E-state index in [-0.39, 0.29) is 6.10 Å². The van der Waals surface area contributed by atoms with E-state index in [2.05, 4.69) is 31.2 Å². The smallest absolute Gasteiger partial charge is 0.113 e. The Balaban J connectivity index is 1.67. The van der Waals surface area contributed by atoms with E-state index in [4.69, 9.17) is 9.47 Å². The van der Waals surface area contributed by atoms with Crippen molar-refractivity contribution in [3.8, 4) is 0 Å². The van der Waals surface area contributed by atoms with Gasteiger partial charge in [-0.3, -0.25) is 0 Å². The van der Waals surface area contributed by atoms with E-state index in [1.807, 2.05) is 18.2 Å². The number of aryl methyl sites for hydroxylation is 1. The predicted molar refractivity (Wildman–Crippen MR) is 109 cm³/mol. The van der Waals surface area contributed by atoms with Crippen molar-refractivity contribution in [3.05, 3.63) is 64.7 Å². The maximum Gasteiger partial charge on any atom is 0.113 e. The summed E-state index contributed by atoms with van der Waals surface area (Å²) in [7, 11) is 0. The van der Waals surface area contributed by atoms with Crippen molar-refractivity contribution in [1.82, 2.24) is 0 Å². The van der Waals surface area contributed by atoms with E-state index in [0.29, 0.717) is 11.5 Å². The van der Waals surface area contributed by atoms with Gasteiger partial charge in [-0.05, 0) is 40.8 Å². The van der Waals surface area contributed by atoms with E-state index in [1.54, 1.807) is 11.8 Å². The van der Waals surface area contributed by atoms with Gasteiger partial charge in [0.2, 0.25) is 0 Å². The largest absolute Gasteiger partial charge is 0.394 e. The molecule has 6 nitrogen and oxygen atoms in total. The number of fused-ring (bicyclic) bond motifs is 1. The highest BCUT2D eigenvalue weighted by Crippen LogP contribution is 2.42. The van der Waals surface area contributed by atoms with E-state index in [1.165, 1.54) is 5.56 Å². The second kappa shape index (κ2) is 8.73. The highest BCUT2D eigenvalue weighted by Gasteiger charge is 2.44. The standard InChI is InChI=1S/C22H26O6S/c1-2-12-3-5-13(6-4-12)21-15-9-14(7-8-17(15)29-11-27-21)22-20(26)19(25)18(24)16(10-23)28-22/h3-9,16,18-26H,2,10-11H2,1H3. The van der Waals surface area contributed by atoms with Gasteiger partial charge in [-0.25, -0.2) is 0 Å². The second-order valence-corrected chi connectivity index (χ2v) is 8.41. The summed E-state index contributed by atoms with van der Waals surface area (Å²) in [6, 6.07) is 14.1. The number of rotatable bonds is 4. The average Bonchev–Trinajstić information content (AvgIpc) is 2.77. The first-order valence-corrected chi connectivity index (χ1v) is 10.8. The van der Waals surface area contributed by atoms with Gasteiger partial charge in [-0.2, -0.15) is 0 Å². The minimum absolute atomic E-state index is 0.234. The zero-order valence-corrected chi connectivity index (χ0v) is 17.0. The Morgan fingerprint density at radius 2 is 1.69 bits per heavy atom. The molecule has 1 saturated heterocycles. The van der Waals surface area contributed by atoms with Crippen molar-refractivity contribution in [1.29, 1.82) is 0 Å². The molecule has 1 fully saturated rings. The van der Waals surface area contributed by atoms with E-state index < -0.39 is 37.1 Å². The molecule has 6 unspecified atom stereocenters. The molecule has 156 valence electrons. The number of aliphatic hydroxyl groups excluding tert-OH is 4.